The third-order valence-electron chi connectivity index (χ3n) is 3.23. The average Bonchev–Trinajstić information content (AvgIpc) is 2.55. The topological polar surface area (TPSA) is 12.0 Å². The molecule has 142 valence electrons. The van der Waals surface area contributed by atoms with Crippen LogP contribution in [0.1, 0.15) is 0 Å². The minimum Gasteiger partial charge on any atom is -0.408 e. The summed E-state index contributed by atoms with van der Waals surface area (Å²) in [6.45, 7) is 4.44. The van der Waals surface area contributed by atoms with Crippen molar-refractivity contribution >= 4 is 13.9 Å². The zero-order valence-electron chi connectivity index (χ0n) is 13.4. The Morgan fingerprint density at radius 3 is 1.15 bits per heavy atom. The lowest BCUT2D eigenvalue weighted by atomic mass is 10.00. The zero-order valence-corrected chi connectivity index (χ0v) is 14.4. The fraction of sp³-hybridized carbons (Fsp3) is 0.200. The first-order valence-electron chi connectivity index (χ1n) is 6.95. The summed E-state index contributed by atoms with van der Waals surface area (Å²) in [6.07, 6.45) is 0. The molecule has 0 saturated carbocycles. The van der Waals surface area contributed by atoms with Crippen LogP contribution in [0.2, 0.25) is 19.6 Å². The molecule has 0 amide bonds. The third kappa shape index (κ3) is 3.15. The highest BCUT2D eigenvalue weighted by atomic mass is 28.3. The van der Waals surface area contributed by atoms with Gasteiger partial charge in [0.15, 0.2) is 46.5 Å². The fourth-order valence-corrected chi connectivity index (χ4v) is 3.17. The summed E-state index contributed by atoms with van der Waals surface area (Å²) in [5, 5.41) is 0. The van der Waals surface area contributed by atoms with E-state index in [1.807, 2.05) is 0 Å². The second kappa shape index (κ2) is 6.52. The van der Waals surface area contributed by atoms with Gasteiger partial charge in [0, 0.05) is 0 Å². The molecule has 11 heteroatoms. The van der Waals surface area contributed by atoms with E-state index in [9.17, 15) is 39.5 Å². The number of benzene rings is 2. The van der Waals surface area contributed by atoms with Crippen molar-refractivity contribution in [3.8, 4) is 11.1 Å². The van der Waals surface area contributed by atoms with Gasteiger partial charge in [-0.3, -0.25) is 0 Å². The highest BCUT2D eigenvalue weighted by Gasteiger charge is 2.35. The molecule has 0 atom stereocenters. The maximum Gasteiger partial charge on any atom is 0.200 e. The van der Waals surface area contributed by atoms with Crippen LogP contribution in [0, 0.1) is 52.4 Å². The van der Waals surface area contributed by atoms with Gasteiger partial charge in [-0.05, 0) is 0 Å². The van der Waals surface area contributed by atoms with E-state index in [0.717, 1.165) is 0 Å². The molecule has 0 spiro atoms. The van der Waals surface area contributed by atoms with Crippen molar-refractivity contribution in [1.29, 1.82) is 0 Å². The van der Waals surface area contributed by atoms with Gasteiger partial charge in [-0.2, -0.15) is 0 Å². The predicted molar refractivity (Wildman–Crippen MR) is 78.5 cm³/mol. The van der Waals surface area contributed by atoms with Gasteiger partial charge in [0.25, 0.3) is 0 Å². The van der Waals surface area contributed by atoms with E-state index in [-0.39, 0.29) is 0 Å². The lowest BCUT2D eigenvalue weighted by molar-refractivity contribution is 0.379. The summed E-state index contributed by atoms with van der Waals surface area (Å²) < 4.78 is 123. The molecule has 2 aromatic carbocycles. The Kier molecular flexibility index (Phi) is 5.05. The molecule has 0 saturated heterocycles. The van der Waals surface area contributed by atoms with Crippen molar-refractivity contribution < 1.29 is 39.5 Å². The van der Waals surface area contributed by atoms with E-state index in [1.165, 1.54) is 19.6 Å². The van der Waals surface area contributed by atoms with Crippen LogP contribution in [-0.2, 0) is 0 Å². The summed E-state index contributed by atoms with van der Waals surface area (Å²) in [5.74, 6) is -21.5. The molecule has 26 heavy (non-hydrogen) atoms. The monoisotopic (exact) mass is 403 g/mol. The van der Waals surface area contributed by atoms with Crippen LogP contribution in [0.5, 0.6) is 0 Å². The predicted octanol–water partition coefficient (Wildman–Crippen LogP) is 5.85. The minimum absolute atomic E-state index is 1.23. The van der Waals surface area contributed by atoms with E-state index in [1.54, 1.807) is 0 Å². The van der Waals surface area contributed by atoms with Crippen LogP contribution >= 0.6 is 0 Å². The van der Waals surface area contributed by atoms with Gasteiger partial charge in [-0.25, -0.2) is 39.5 Å². The molecule has 0 aliphatic heterocycles. The number of hydrogen-bond donors (Lipinski definition) is 1. The Bertz CT molecular complexity index is 877. The smallest absolute Gasteiger partial charge is 0.200 e. The fourth-order valence-electron chi connectivity index (χ4n) is 2.18. The second-order valence-corrected chi connectivity index (χ2v) is 11.1. The summed E-state index contributed by atoms with van der Waals surface area (Å²) in [5.41, 5.74) is -4.77. The Balaban J connectivity index is 3.04. The number of anilines is 1. The molecule has 2 aromatic rings. The molecule has 1 nitrogen and oxygen atoms in total. The highest BCUT2D eigenvalue weighted by Crippen LogP contribution is 2.41. The van der Waals surface area contributed by atoms with E-state index in [4.69, 9.17) is 0 Å². The Hall–Kier alpha value is -2.17. The molecule has 0 bridgehead atoms. The number of halogens is 9. The van der Waals surface area contributed by atoms with Crippen LogP contribution in [0.4, 0.5) is 45.2 Å². The molecule has 0 heterocycles. The number of rotatable bonds is 3. The van der Waals surface area contributed by atoms with Crippen LogP contribution in [0.25, 0.3) is 11.1 Å². The quantitative estimate of drug-likeness (QED) is 0.293. The summed E-state index contributed by atoms with van der Waals surface area (Å²) >= 11 is 0. The molecule has 0 radical (unpaired) electrons. The van der Waals surface area contributed by atoms with Gasteiger partial charge >= 0.3 is 0 Å². The maximum atomic E-state index is 14.2. The first kappa shape index (κ1) is 20.1. The lowest BCUT2D eigenvalue weighted by Crippen LogP contribution is -2.33. The molecule has 2 rings (SSSR count). The first-order valence-corrected chi connectivity index (χ1v) is 10.5. The van der Waals surface area contributed by atoms with Crippen LogP contribution in [0.15, 0.2) is 0 Å². The average molecular weight is 403 g/mol. The van der Waals surface area contributed by atoms with Gasteiger partial charge in [0.2, 0.25) is 5.82 Å². The molecule has 0 fully saturated rings. The summed E-state index contributed by atoms with van der Waals surface area (Å²) in [6, 6.07) is 0. The van der Waals surface area contributed by atoms with Crippen molar-refractivity contribution in [1.82, 2.24) is 0 Å². The van der Waals surface area contributed by atoms with Crippen LogP contribution in [0.3, 0.4) is 0 Å². The maximum absolute atomic E-state index is 14.2. The zero-order chi connectivity index (χ0) is 20.1. The van der Waals surface area contributed by atoms with Gasteiger partial charge < -0.3 is 4.98 Å². The number of hydrogen-bond acceptors (Lipinski definition) is 1. The normalized spacial score (nSPS) is 11.8. The molecule has 0 aliphatic carbocycles. The Labute approximate surface area is 142 Å². The standard InChI is InChI=1S/C15H10F9NSi/c1-26(2,3)25-15-5(8(18)11(21)13(23)14(15)24)4-6(16)9(19)12(22)10(20)7(4)17/h25H,1-3H3. The summed E-state index contributed by atoms with van der Waals surface area (Å²) in [7, 11) is -2.68. The second-order valence-electron chi connectivity index (χ2n) is 6.33. The highest BCUT2D eigenvalue weighted by molar-refractivity contribution is 6.79. The van der Waals surface area contributed by atoms with E-state index in [0.29, 0.717) is 0 Å². The van der Waals surface area contributed by atoms with Gasteiger partial charge in [0.1, 0.15) is 8.24 Å². The van der Waals surface area contributed by atoms with Crippen molar-refractivity contribution in [3.05, 3.63) is 52.4 Å². The van der Waals surface area contributed by atoms with E-state index < -0.39 is 77.4 Å². The van der Waals surface area contributed by atoms with Gasteiger partial charge in [0.05, 0.1) is 16.8 Å². The molecule has 0 aliphatic rings. The molecule has 0 unspecified atom stereocenters. The molecular weight excluding hydrogens is 393 g/mol. The summed E-state index contributed by atoms with van der Waals surface area (Å²) in [4.78, 5) is 2.28. The Morgan fingerprint density at radius 1 is 0.462 bits per heavy atom. The number of nitrogens with one attached hydrogen (secondary N) is 1. The van der Waals surface area contributed by atoms with Gasteiger partial charge in [-0.1, -0.05) is 19.6 Å². The van der Waals surface area contributed by atoms with Crippen LogP contribution < -0.4 is 4.98 Å². The van der Waals surface area contributed by atoms with Crippen LogP contribution in [-0.4, -0.2) is 8.24 Å². The third-order valence-corrected chi connectivity index (χ3v) is 4.23. The van der Waals surface area contributed by atoms with Crippen molar-refractivity contribution in [3.63, 3.8) is 0 Å². The lowest BCUT2D eigenvalue weighted by Gasteiger charge is -2.24. The minimum atomic E-state index is -2.68. The van der Waals surface area contributed by atoms with E-state index >= 15 is 0 Å². The largest absolute Gasteiger partial charge is 0.408 e. The molecule has 0 aromatic heterocycles. The van der Waals surface area contributed by atoms with Crippen molar-refractivity contribution in [2.45, 2.75) is 19.6 Å². The first-order chi connectivity index (χ1) is 11.8. The van der Waals surface area contributed by atoms with Crippen molar-refractivity contribution in [2.24, 2.45) is 0 Å². The Morgan fingerprint density at radius 2 is 0.769 bits per heavy atom. The van der Waals surface area contributed by atoms with Gasteiger partial charge in [-0.15, -0.1) is 0 Å². The SMILES string of the molecule is C[Si](C)(C)Nc1c(F)c(F)c(F)c(F)c1-c1c(F)c(F)c(F)c(F)c1F. The van der Waals surface area contributed by atoms with Crippen molar-refractivity contribution in [2.75, 3.05) is 4.98 Å². The molecule has 1 N–H and O–H groups in total. The molecular formula is C15H10F9NSi. The van der Waals surface area contributed by atoms with E-state index in [2.05, 4.69) is 4.98 Å².